The molecule has 0 unspecified atom stereocenters. The lowest BCUT2D eigenvalue weighted by atomic mass is 10.0. The monoisotopic (exact) mass is 458 g/mol. The molecule has 2 amide bonds. The van der Waals surface area contributed by atoms with Crippen molar-refractivity contribution < 1.29 is 19.1 Å². The summed E-state index contributed by atoms with van der Waals surface area (Å²) < 4.78 is 16.4. The molecule has 0 saturated carbocycles. The van der Waals surface area contributed by atoms with E-state index in [2.05, 4.69) is 15.6 Å². The van der Waals surface area contributed by atoms with Crippen LogP contribution in [0.2, 0.25) is 0 Å². The summed E-state index contributed by atoms with van der Waals surface area (Å²) in [4.78, 5) is 30.2. The number of hydrogen-bond donors (Lipinski definition) is 3. The zero-order valence-electron chi connectivity index (χ0n) is 18.7. The number of nitrogens with one attached hydrogen (secondary N) is 2. The molecule has 34 heavy (non-hydrogen) atoms. The molecule has 1 aliphatic rings. The van der Waals surface area contributed by atoms with Crippen molar-refractivity contribution in [3.05, 3.63) is 100 Å². The number of hydrogen-bond acceptors (Lipinski definition) is 4. The van der Waals surface area contributed by atoms with Gasteiger partial charge in [-0.15, -0.1) is 0 Å². The van der Waals surface area contributed by atoms with Gasteiger partial charge in [0.15, 0.2) is 0 Å². The highest BCUT2D eigenvalue weighted by molar-refractivity contribution is 6.05. The second-order valence-electron chi connectivity index (χ2n) is 8.60. The summed E-state index contributed by atoms with van der Waals surface area (Å²) in [6.45, 7) is 3.52. The number of aryl methyl sites for hydroxylation is 2. The number of amides is 2. The van der Waals surface area contributed by atoms with Crippen molar-refractivity contribution in [2.24, 2.45) is 0 Å². The lowest BCUT2D eigenvalue weighted by Gasteiger charge is -2.19. The standard InChI is InChI=1S/C26H23FN4O3/c1-14-7-8-23-28-12-21(31(23)13-14)26(34)29-20-11-18(15(2)9-19(20)27)25(33)30-24-17-6-4-3-5-16(17)10-22(24)32/h3-9,11-13,22,24,32H,10H2,1-2H3,(H,29,34)(H,30,33)/t22-,24+/m0/s1. The average molecular weight is 458 g/mol. The number of benzene rings is 2. The zero-order chi connectivity index (χ0) is 24.0. The van der Waals surface area contributed by atoms with Crippen molar-refractivity contribution in [3.63, 3.8) is 0 Å². The van der Waals surface area contributed by atoms with Crippen LogP contribution in [0.5, 0.6) is 0 Å². The van der Waals surface area contributed by atoms with Gasteiger partial charge in [0, 0.05) is 18.2 Å². The zero-order valence-corrected chi connectivity index (χ0v) is 18.7. The second kappa shape index (κ2) is 8.39. The molecule has 8 heteroatoms. The van der Waals surface area contributed by atoms with E-state index >= 15 is 0 Å². The molecule has 0 radical (unpaired) electrons. The minimum Gasteiger partial charge on any atom is -0.390 e. The van der Waals surface area contributed by atoms with Crippen LogP contribution in [0.1, 0.15) is 49.1 Å². The highest BCUT2D eigenvalue weighted by atomic mass is 19.1. The Labute approximate surface area is 195 Å². The van der Waals surface area contributed by atoms with Crippen molar-refractivity contribution in [2.45, 2.75) is 32.4 Å². The van der Waals surface area contributed by atoms with Crippen molar-refractivity contribution in [3.8, 4) is 0 Å². The van der Waals surface area contributed by atoms with Crippen LogP contribution in [-0.4, -0.2) is 32.4 Å². The van der Waals surface area contributed by atoms with Crippen LogP contribution in [0.15, 0.2) is 60.9 Å². The van der Waals surface area contributed by atoms with E-state index in [0.29, 0.717) is 17.6 Å². The van der Waals surface area contributed by atoms with E-state index in [1.807, 2.05) is 37.3 Å². The van der Waals surface area contributed by atoms with Crippen molar-refractivity contribution in [1.29, 1.82) is 0 Å². The van der Waals surface area contributed by atoms with Crippen molar-refractivity contribution in [1.82, 2.24) is 14.7 Å². The van der Waals surface area contributed by atoms with E-state index in [4.69, 9.17) is 0 Å². The predicted molar refractivity (Wildman–Crippen MR) is 125 cm³/mol. The summed E-state index contributed by atoms with van der Waals surface area (Å²) in [6, 6.07) is 13.2. The van der Waals surface area contributed by atoms with Gasteiger partial charge in [0.1, 0.15) is 17.2 Å². The van der Waals surface area contributed by atoms with Gasteiger partial charge in [0.25, 0.3) is 11.8 Å². The Kier molecular flexibility index (Phi) is 5.37. The van der Waals surface area contributed by atoms with Crippen LogP contribution in [0.25, 0.3) is 5.65 Å². The topological polar surface area (TPSA) is 95.7 Å². The Balaban J connectivity index is 1.41. The first-order valence-corrected chi connectivity index (χ1v) is 10.9. The summed E-state index contributed by atoms with van der Waals surface area (Å²) >= 11 is 0. The molecule has 0 aliphatic heterocycles. The van der Waals surface area contributed by atoms with Gasteiger partial charge in [-0.05, 0) is 54.3 Å². The molecule has 0 fully saturated rings. The van der Waals surface area contributed by atoms with Crippen LogP contribution in [0.3, 0.4) is 0 Å². The molecule has 2 atom stereocenters. The van der Waals surface area contributed by atoms with Crippen LogP contribution in [0, 0.1) is 19.7 Å². The molecule has 5 rings (SSSR count). The Hall–Kier alpha value is -4.04. The molecule has 2 heterocycles. The summed E-state index contributed by atoms with van der Waals surface area (Å²) in [6.07, 6.45) is 2.89. The summed E-state index contributed by atoms with van der Waals surface area (Å²) in [5.41, 5.74) is 4.13. The third-order valence-corrected chi connectivity index (χ3v) is 6.18. The smallest absolute Gasteiger partial charge is 0.274 e. The van der Waals surface area contributed by atoms with Gasteiger partial charge in [-0.3, -0.25) is 14.0 Å². The lowest BCUT2D eigenvalue weighted by Crippen LogP contribution is -2.34. The maximum absolute atomic E-state index is 14.7. The molecule has 0 bridgehead atoms. The van der Waals surface area contributed by atoms with Gasteiger partial charge in [-0.25, -0.2) is 9.37 Å². The number of nitrogens with zero attached hydrogens (tertiary/aromatic N) is 2. The molecule has 0 saturated heterocycles. The van der Waals surface area contributed by atoms with E-state index in [1.54, 1.807) is 23.6 Å². The molecule has 0 spiro atoms. The highest BCUT2D eigenvalue weighted by Gasteiger charge is 2.32. The number of fused-ring (bicyclic) bond motifs is 2. The molecule has 3 N–H and O–H groups in total. The number of imidazole rings is 1. The summed E-state index contributed by atoms with van der Waals surface area (Å²) in [5, 5.41) is 15.9. The van der Waals surface area contributed by atoms with Crippen molar-refractivity contribution in [2.75, 3.05) is 5.32 Å². The Morgan fingerprint density at radius 2 is 1.91 bits per heavy atom. The fraction of sp³-hybridized carbons (Fsp3) is 0.192. The first kappa shape index (κ1) is 21.8. The number of aliphatic hydroxyl groups excluding tert-OH is 1. The largest absolute Gasteiger partial charge is 0.390 e. The Morgan fingerprint density at radius 1 is 1.12 bits per heavy atom. The van der Waals surface area contributed by atoms with E-state index in [1.165, 1.54) is 18.3 Å². The molecule has 2 aromatic carbocycles. The van der Waals surface area contributed by atoms with Crippen LogP contribution < -0.4 is 10.6 Å². The number of carbonyl (C=O) groups is 2. The molecular formula is C26H23FN4O3. The fourth-order valence-corrected chi connectivity index (χ4v) is 4.42. The lowest BCUT2D eigenvalue weighted by molar-refractivity contribution is 0.0857. The Morgan fingerprint density at radius 3 is 2.74 bits per heavy atom. The van der Waals surface area contributed by atoms with Gasteiger partial charge in [-0.1, -0.05) is 30.3 Å². The van der Waals surface area contributed by atoms with Gasteiger partial charge < -0.3 is 15.7 Å². The first-order valence-electron chi connectivity index (χ1n) is 10.9. The average Bonchev–Trinajstić information content (AvgIpc) is 3.36. The summed E-state index contributed by atoms with van der Waals surface area (Å²) in [5.74, 6) is -1.66. The number of aromatic nitrogens is 2. The minimum absolute atomic E-state index is 0.115. The third kappa shape index (κ3) is 3.82. The number of anilines is 1. The van der Waals surface area contributed by atoms with Crippen LogP contribution >= 0.6 is 0 Å². The van der Waals surface area contributed by atoms with Crippen LogP contribution in [-0.2, 0) is 6.42 Å². The van der Waals surface area contributed by atoms with Gasteiger partial charge in [0.05, 0.1) is 24.0 Å². The molecule has 1 aliphatic carbocycles. The van der Waals surface area contributed by atoms with Gasteiger partial charge >= 0.3 is 0 Å². The maximum atomic E-state index is 14.7. The molecule has 2 aromatic heterocycles. The normalized spacial score (nSPS) is 16.9. The maximum Gasteiger partial charge on any atom is 0.274 e. The summed E-state index contributed by atoms with van der Waals surface area (Å²) in [7, 11) is 0. The van der Waals surface area contributed by atoms with E-state index < -0.39 is 29.8 Å². The molecule has 7 nitrogen and oxygen atoms in total. The molecular weight excluding hydrogens is 435 g/mol. The first-order chi connectivity index (χ1) is 16.3. The van der Waals surface area contributed by atoms with Crippen molar-refractivity contribution >= 4 is 23.1 Å². The molecule has 172 valence electrons. The molecule has 4 aromatic rings. The second-order valence-corrected chi connectivity index (χ2v) is 8.60. The fourth-order valence-electron chi connectivity index (χ4n) is 4.42. The number of aliphatic hydroxyl groups is 1. The SMILES string of the molecule is Cc1ccc2ncc(C(=O)Nc3cc(C(=O)N[C@@H]4c5ccccc5C[C@@H]4O)c(C)cc3F)n2c1. The highest BCUT2D eigenvalue weighted by Crippen LogP contribution is 2.32. The Bertz CT molecular complexity index is 1450. The number of carbonyl (C=O) groups excluding carboxylic acids is 2. The van der Waals surface area contributed by atoms with E-state index in [9.17, 15) is 19.1 Å². The van der Waals surface area contributed by atoms with E-state index in [0.717, 1.165) is 16.7 Å². The number of rotatable bonds is 4. The quantitative estimate of drug-likeness (QED) is 0.434. The number of pyridine rings is 1. The van der Waals surface area contributed by atoms with Crippen LogP contribution in [0.4, 0.5) is 10.1 Å². The minimum atomic E-state index is -0.750. The van der Waals surface area contributed by atoms with Gasteiger partial charge in [-0.2, -0.15) is 0 Å². The third-order valence-electron chi connectivity index (χ3n) is 6.18. The predicted octanol–water partition coefficient (Wildman–Crippen LogP) is 3.73. The van der Waals surface area contributed by atoms with E-state index in [-0.39, 0.29) is 16.9 Å². The number of halogens is 1. The van der Waals surface area contributed by atoms with Gasteiger partial charge in [0.2, 0.25) is 0 Å².